The molecule has 0 atom stereocenters. The molecule has 0 N–H and O–H groups in total. The number of hydrogen-bond donors (Lipinski definition) is 0. The van der Waals surface area contributed by atoms with Crippen LogP contribution in [0, 0.1) is 0 Å². The third-order valence-electron chi connectivity index (χ3n) is 3.07. The van der Waals surface area contributed by atoms with E-state index in [0.29, 0.717) is 0 Å². The molecular weight excluding hydrogens is 320 g/mol. The number of para-hydroxylation sites is 2. The van der Waals surface area contributed by atoms with Crippen molar-refractivity contribution in [2.45, 2.75) is 0 Å². The van der Waals surface area contributed by atoms with Gasteiger partial charge < -0.3 is 17.0 Å². The summed E-state index contributed by atoms with van der Waals surface area (Å²) in [6.07, 6.45) is 2.17. The second kappa shape index (κ2) is 4.79. The van der Waals surface area contributed by atoms with Crippen molar-refractivity contribution in [3.63, 3.8) is 0 Å². The average Bonchev–Trinajstić information content (AvgIpc) is 2.97. The van der Waals surface area contributed by atoms with E-state index in [1.54, 1.807) is 11.3 Å². The quantitative estimate of drug-likeness (QED) is 0.513. The molecule has 4 aromatic rings. The molecule has 0 saturated carbocycles. The number of hydrogen-bond acceptors (Lipinski definition) is 2. The first-order chi connectivity index (χ1) is 8.92. The highest BCUT2D eigenvalue weighted by atomic mass is 79.9. The molecule has 0 spiro atoms. The van der Waals surface area contributed by atoms with Crippen molar-refractivity contribution < 1.29 is 17.0 Å². The van der Waals surface area contributed by atoms with Crippen LogP contribution >= 0.6 is 11.3 Å². The number of aromatic nitrogens is 2. The Hall–Kier alpha value is -1.65. The molecule has 19 heavy (non-hydrogen) atoms. The molecule has 94 valence electrons. The van der Waals surface area contributed by atoms with Crippen LogP contribution in [0.25, 0.3) is 26.4 Å². The fraction of sp³-hybridized carbons (Fsp3) is 0. The third kappa shape index (κ3) is 1.97. The van der Waals surface area contributed by atoms with Gasteiger partial charge in [0.2, 0.25) is 0 Å². The lowest BCUT2D eigenvalue weighted by atomic mass is 10.2. The Kier molecular flexibility index (Phi) is 3.12. The molecule has 0 aliphatic heterocycles. The van der Waals surface area contributed by atoms with E-state index in [2.05, 4.69) is 58.0 Å². The summed E-state index contributed by atoms with van der Waals surface area (Å²) in [5.74, 6) is 0. The summed E-state index contributed by atoms with van der Waals surface area (Å²) in [6.45, 7) is 0. The maximum Gasteiger partial charge on any atom is 0.195 e. The number of imidazole rings is 1. The molecule has 0 fully saturated rings. The van der Waals surface area contributed by atoms with Crippen LogP contribution in [0.4, 0.5) is 0 Å². The minimum atomic E-state index is 0. The minimum absolute atomic E-state index is 0. The van der Waals surface area contributed by atoms with Crippen LogP contribution in [0.1, 0.15) is 0 Å². The second-order valence-electron chi connectivity index (χ2n) is 4.21. The number of halogens is 1. The first-order valence-electron chi connectivity index (χ1n) is 5.84. The zero-order valence-electron chi connectivity index (χ0n) is 9.95. The molecule has 0 aliphatic rings. The van der Waals surface area contributed by atoms with Gasteiger partial charge in [-0.2, -0.15) is 0 Å². The Morgan fingerprint density at radius 1 is 0.895 bits per heavy atom. The lowest BCUT2D eigenvalue weighted by Gasteiger charge is -1.94. The van der Waals surface area contributed by atoms with E-state index in [1.807, 2.05) is 12.1 Å². The Morgan fingerprint density at radius 3 is 2.47 bits per heavy atom. The van der Waals surface area contributed by atoms with E-state index in [-0.39, 0.29) is 17.0 Å². The van der Waals surface area contributed by atoms with Crippen LogP contribution in [0.15, 0.2) is 60.8 Å². The highest BCUT2D eigenvalue weighted by Crippen LogP contribution is 2.30. The third-order valence-corrected chi connectivity index (χ3v) is 4.10. The van der Waals surface area contributed by atoms with Gasteiger partial charge in [0.05, 0.1) is 15.9 Å². The molecule has 4 heteroatoms. The number of fused-ring (bicyclic) bond motifs is 3. The number of nitrogens with zero attached hydrogens (tertiary/aromatic N) is 2. The lowest BCUT2D eigenvalue weighted by molar-refractivity contribution is -0.00000344. The molecule has 2 nitrogen and oxygen atoms in total. The van der Waals surface area contributed by atoms with E-state index in [9.17, 15) is 0 Å². The van der Waals surface area contributed by atoms with E-state index in [4.69, 9.17) is 0 Å². The maximum atomic E-state index is 4.64. The van der Waals surface area contributed by atoms with Gasteiger partial charge in [0, 0.05) is 6.20 Å². The molecular formula is C15H10BrN2S-. The predicted octanol–water partition coefficient (Wildman–Crippen LogP) is 1.22. The highest BCUT2D eigenvalue weighted by Gasteiger charge is 2.08. The van der Waals surface area contributed by atoms with E-state index in [0.717, 1.165) is 10.5 Å². The standard InChI is InChI=1S/C15H10N2S.BrH/c1-2-6-11(7-3-1)14-10-17-13-9-5-4-8-12(13)16-15(17)18-14;/h1-10H;1H/p-1. The fourth-order valence-electron chi connectivity index (χ4n) is 2.20. The molecule has 0 unspecified atom stereocenters. The first kappa shape index (κ1) is 12.4. The highest BCUT2D eigenvalue weighted by molar-refractivity contribution is 7.20. The second-order valence-corrected chi connectivity index (χ2v) is 5.22. The molecule has 0 aliphatic carbocycles. The lowest BCUT2D eigenvalue weighted by Crippen LogP contribution is -3.00. The van der Waals surface area contributed by atoms with Crippen molar-refractivity contribution in [2.24, 2.45) is 0 Å². The molecule has 0 bridgehead atoms. The van der Waals surface area contributed by atoms with Crippen LogP contribution in [-0.2, 0) is 0 Å². The summed E-state index contributed by atoms with van der Waals surface area (Å²) in [7, 11) is 0. The molecule has 2 aromatic carbocycles. The SMILES string of the molecule is [Br-].c1ccc(-c2cn3c(nc4ccccc43)s2)cc1. The molecule has 4 rings (SSSR count). The van der Waals surface area contributed by atoms with Crippen molar-refractivity contribution in [2.75, 3.05) is 0 Å². The smallest absolute Gasteiger partial charge is 0.195 e. The number of thiazole rings is 1. The minimum Gasteiger partial charge on any atom is -1.00 e. The van der Waals surface area contributed by atoms with Gasteiger partial charge in [-0.3, -0.25) is 4.40 Å². The fourth-order valence-corrected chi connectivity index (χ4v) is 3.20. The summed E-state index contributed by atoms with van der Waals surface area (Å²) in [4.78, 5) is 6.95. The van der Waals surface area contributed by atoms with Gasteiger partial charge in [0.1, 0.15) is 0 Å². The van der Waals surface area contributed by atoms with E-state index >= 15 is 0 Å². The molecule has 0 saturated heterocycles. The van der Waals surface area contributed by atoms with Crippen LogP contribution in [-0.4, -0.2) is 9.38 Å². The topological polar surface area (TPSA) is 17.3 Å². The maximum absolute atomic E-state index is 4.64. The number of rotatable bonds is 1. The predicted molar refractivity (Wildman–Crippen MR) is 76.0 cm³/mol. The Morgan fingerprint density at radius 2 is 1.63 bits per heavy atom. The van der Waals surface area contributed by atoms with Gasteiger partial charge in [-0.25, -0.2) is 4.98 Å². The Balaban J connectivity index is 0.00000110. The van der Waals surface area contributed by atoms with Gasteiger partial charge in [0.15, 0.2) is 4.96 Å². The molecule has 2 aromatic heterocycles. The van der Waals surface area contributed by atoms with Gasteiger partial charge >= 0.3 is 0 Å². The summed E-state index contributed by atoms with van der Waals surface area (Å²) in [5, 5.41) is 0. The monoisotopic (exact) mass is 329 g/mol. The Bertz CT molecular complexity index is 833. The Labute approximate surface area is 125 Å². The van der Waals surface area contributed by atoms with Crippen LogP contribution in [0.3, 0.4) is 0 Å². The van der Waals surface area contributed by atoms with Gasteiger partial charge in [-0.05, 0) is 17.7 Å². The van der Waals surface area contributed by atoms with Crippen LogP contribution in [0.2, 0.25) is 0 Å². The van der Waals surface area contributed by atoms with Gasteiger partial charge in [-0.15, -0.1) is 0 Å². The first-order valence-corrected chi connectivity index (χ1v) is 6.65. The number of benzene rings is 2. The van der Waals surface area contributed by atoms with Crippen LogP contribution < -0.4 is 17.0 Å². The van der Waals surface area contributed by atoms with Crippen molar-refractivity contribution in [3.05, 3.63) is 60.8 Å². The van der Waals surface area contributed by atoms with Crippen molar-refractivity contribution in [3.8, 4) is 10.4 Å². The molecule has 0 amide bonds. The molecule has 0 radical (unpaired) electrons. The van der Waals surface area contributed by atoms with E-state index < -0.39 is 0 Å². The largest absolute Gasteiger partial charge is 1.00 e. The summed E-state index contributed by atoms with van der Waals surface area (Å²) >= 11 is 1.73. The summed E-state index contributed by atoms with van der Waals surface area (Å²) in [5.41, 5.74) is 3.48. The van der Waals surface area contributed by atoms with Gasteiger partial charge in [-0.1, -0.05) is 53.8 Å². The summed E-state index contributed by atoms with van der Waals surface area (Å²) < 4.78 is 2.17. The molecule has 2 heterocycles. The van der Waals surface area contributed by atoms with Gasteiger partial charge in [0.25, 0.3) is 0 Å². The zero-order valence-corrected chi connectivity index (χ0v) is 12.4. The zero-order chi connectivity index (χ0) is 11.9. The van der Waals surface area contributed by atoms with Crippen molar-refractivity contribution >= 4 is 27.3 Å². The van der Waals surface area contributed by atoms with Crippen molar-refractivity contribution in [1.82, 2.24) is 9.38 Å². The average molecular weight is 330 g/mol. The van der Waals surface area contributed by atoms with Crippen molar-refractivity contribution in [1.29, 1.82) is 0 Å². The summed E-state index contributed by atoms with van der Waals surface area (Å²) in [6, 6.07) is 18.7. The van der Waals surface area contributed by atoms with E-state index in [1.165, 1.54) is 16.0 Å². The normalized spacial score (nSPS) is 10.7. The van der Waals surface area contributed by atoms with Crippen LogP contribution in [0.5, 0.6) is 0 Å².